The molecule has 0 radical (unpaired) electrons. The van der Waals surface area contributed by atoms with Crippen LogP contribution in [0.1, 0.15) is 32.3 Å². The summed E-state index contributed by atoms with van der Waals surface area (Å²) >= 11 is 5.78. The molecule has 0 aromatic heterocycles. The van der Waals surface area contributed by atoms with E-state index < -0.39 is 0 Å². The fourth-order valence-corrected chi connectivity index (χ4v) is 1.71. The largest absolute Gasteiger partial charge is 0.356 e. The van der Waals surface area contributed by atoms with E-state index in [-0.39, 0.29) is 5.91 Å². The number of nitrogens with one attached hydrogen (secondary N) is 1. The van der Waals surface area contributed by atoms with Gasteiger partial charge in [0.25, 0.3) is 0 Å². The van der Waals surface area contributed by atoms with E-state index in [1.165, 1.54) is 0 Å². The van der Waals surface area contributed by atoms with Gasteiger partial charge in [0, 0.05) is 11.6 Å². The van der Waals surface area contributed by atoms with Gasteiger partial charge in [0.2, 0.25) is 5.91 Å². The summed E-state index contributed by atoms with van der Waals surface area (Å²) in [6, 6.07) is 7.39. The molecule has 1 rings (SSSR count). The molecule has 1 N–H and O–H groups in total. The monoisotopic (exact) mass is 253 g/mol. The van der Waals surface area contributed by atoms with Crippen molar-refractivity contribution in [1.29, 1.82) is 0 Å². The lowest BCUT2D eigenvalue weighted by Crippen LogP contribution is -2.26. The summed E-state index contributed by atoms with van der Waals surface area (Å²) in [6.07, 6.45) is 2.63. The molecule has 0 spiro atoms. The second kappa shape index (κ2) is 7.33. The first-order valence-electron chi connectivity index (χ1n) is 6.09. The fourth-order valence-electron chi connectivity index (χ4n) is 1.59. The van der Waals surface area contributed by atoms with Gasteiger partial charge in [-0.3, -0.25) is 4.79 Å². The van der Waals surface area contributed by atoms with E-state index >= 15 is 0 Å². The lowest BCUT2D eigenvalue weighted by molar-refractivity contribution is -0.120. The van der Waals surface area contributed by atoms with E-state index in [4.69, 9.17) is 11.6 Å². The Bertz CT molecular complexity index is 346. The van der Waals surface area contributed by atoms with Gasteiger partial charge in [-0.15, -0.1) is 0 Å². The fraction of sp³-hybridized carbons (Fsp3) is 0.500. The highest BCUT2D eigenvalue weighted by Crippen LogP contribution is 2.09. The smallest absolute Gasteiger partial charge is 0.224 e. The van der Waals surface area contributed by atoms with E-state index in [0.717, 1.165) is 24.9 Å². The number of carbonyl (C=O) groups excluding carboxylic acids is 1. The predicted octanol–water partition coefficient (Wildman–Crippen LogP) is 3.43. The molecule has 0 aliphatic rings. The molecule has 0 aliphatic carbocycles. The Balaban J connectivity index is 2.23. The third-order valence-corrected chi connectivity index (χ3v) is 2.81. The van der Waals surface area contributed by atoms with Crippen molar-refractivity contribution in [3.8, 4) is 0 Å². The van der Waals surface area contributed by atoms with Crippen molar-refractivity contribution < 1.29 is 4.79 Å². The highest BCUT2D eigenvalue weighted by atomic mass is 35.5. The van der Waals surface area contributed by atoms with E-state index in [1.807, 2.05) is 24.3 Å². The zero-order valence-electron chi connectivity index (χ0n) is 10.5. The molecule has 1 amide bonds. The molecular weight excluding hydrogens is 234 g/mol. The summed E-state index contributed by atoms with van der Waals surface area (Å²) in [5, 5.41) is 3.63. The quantitative estimate of drug-likeness (QED) is 0.774. The molecule has 1 aromatic rings. The number of amides is 1. The van der Waals surface area contributed by atoms with Gasteiger partial charge in [-0.1, -0.05) is 37.6 Å². The number of rotatable bonds is 6. The molecule has 0 saturated carbocycles. The molecular formula is C14H20ClNO. The minimum atomic E-state index is 0.0797. The summed E-state index contributed by atoms with van der Waals surface area (Å²) in [4.78, 5) is 11.6. The normalized spacial score (nSPS) is 10.6. The Labute approximate surface area is 108 Å². The van der Waals surface area contributed by atoms with Crippen molar-refractivity contribution in [2.45, 2.75) is 33.1 Å². The topological polar surface area (TPSA) is 29.1 Å². The van der Waals surface area contributed by atoms with Crippen molar-refractivity contribution in [2.24, 2.45) is 5.92 Å². The van der Waals surface area contributed by atoms with Gasteiger partial charge < -0.3 is 5.32 Å². The molecule has 0 bridgehead atoms. The SMILES string of the molecule is CC(C)CCCNC(=O)Cc1ccc(Cl)cc1. The minimum absolute atomic E-state index is 0.0797. The van der Waals surface area contributed by atoms with Gasteiger partial charge in [-0.25, -0.2) is 0 Å². The summed E-state index contributed by atoms with van der Waals surface area (Å²) in [5.41, 5.74) is 0.996. The maximum Gasteiger partial charge on any atom is 0.224 e. The van der Waals surface area contributed by atoms with Crippen LogP contribution in [0.25, 0.3) is 0 Å². The average molecular weight is 254 g/mol. The maximum absolute atomic E-state index is 11.6. The Kier molecular flexibility index (Phi) is 6.06. The lowest BCUT2D eigenvalue weighted by Gasteiger charge is -2.07. The van der Waals surface area contributed by atoms with E-state index in [1.54, 1.807) is 0 Å². The van der Waals surface area contributed by atoms with E-state index in [2.05, 4.69) is 19.2 Å². The minimum Gasteiger partial charge on any atom is -0.356 e. The summed E-state index contributed by atoms with van der Waals surface area (Å²) in [6.45, 7) is 5.15. The number of carbonyl (C=O) groups is 1. The summed E-state index contributed by atoms with van der Waals surface area (Å²) in [7, 11) is 0. The number of benzene rings is 1. The molecule has 0 fully saturated rings. The summed E-state index contributed by atoms with van der Waals surface area (Å²) < 4.78 is 0. The molecule has 0 unspecified atom stereocenters. The van der Waals surface area contributed by atoms with Crippen molar-refractivity contribution in [1.82, 2.24) is 5.32 Å². The van der Waals surface area contributed by atoms with Crippen LogP contribution in [0.4, 0.5) is 0 Å². The predicted molar refractivity (Wildman–Crippen MR) is 72.2 cm³/mol. The molecule has 0 saturated heterocycles. The van der Waals surface area contributed by atoms with Crippen LogP contribution in [0.5, 0.6) is 0 Å². The van der Waals surface area contributed by atoms with Gasteiger partial charge in [-0.2, -0.15) is 0 Å². The summed E-state index contributed by atoms with van der Waals surface area (Å²) in [5.74, 6) is 0.777. The third kappa shape index (κ3) is 6.32. The van der Waals surface area contributed by atoms with Crippen LogP contribution in [0.15, 0.2) is 24.3 Å². The van der Waals surface area contributed by atoms with Gasteiger partial charge >= 0.3 is 0 Å². The molecule has 1 aromatic carbocycles. The molecule has 2 nitrogen and oxygen atoms in total. The average Bonchev–Trinajstić information content (AvgIpc) is 2.27. The second-order valence-corrected chi connectivity index (χ2v) is 5.13. The molecule has 0 atom stereocenters. The van der Waals surface area contributed by atoms with Crippen LogP contribution in [0, 0.1) is 5.92 Å². The van der Waals surface area contributed by atoms with Gasteiger partial charge in [-0.05, 0) is 36.5 Å². The van der Waals surface area contributed by atoms with Crippen molar-refractivity contribution in [3.63, 3.8) is 0 Å². The zero-order valence-corrected chi connectivity index (χ0v) is 11.3. The lowest BCUT2D eigenvalue weighted by atomic mass is 10.1. The van der Waals surface area contributed by atoms with Crippen LogP contribution in [0.2, 0.25) is 5.02 Å². The molecule has 94 valence electrons. The Morgan fingerprint density at radius 1 is 1.29 bits per heavy atom. The second-order valence-electron chi connectivity index (χ2n) is 4.69. The van der Waals surface area contributed by atoms with Crippen molar-refractivity contribution >= 4 is 17.5 Å². The van der Waals surface area contributed by atoms with Crippen molar-refractivity contribution in [3.05, 3.63) is 34.9 Å². The van der Waals surface area contributed by atoms with Gasteiger partial charge in [0.05, 0.1) is 6.42 Å². The Morgan fingerprint density at radius 2 is 1.94 bits per heavy atom. The highest BCUT2D eigenvalue weighted by Gasteiger charge is 2.02. The highest BCUT2D eigenvalue weighted by molar-refractivity contribution is 6.30. The Hall–Kier alpha value is -1.02. The zero-order chi connectivity index (χ0) is 12.7. The first-order valence-corrected chi connectivity index (χ1v) is 6.47. The van der Waals surface area contributed by atoms with Crippen LogP contribution >= 0.6 is 11.6 Å². The van der Waals surface area contributed by atoms with E-state index in [0.29, 0.717) is 17.4 Å². The maximum atomic E-state index is 11.6. The third-order valence-electron chi connectivity index (χ3n) is 2.56. The standard InChI is InChI=1S/C14H20ClNO/c1-11(2)4-3-9-16-14(17)10-12-5-7-13(15)8-6-12/h5-8,11H,3-4,9-10H2,1-2H3,(H,16,17). The van der Waals surface area contributed by atoms with Crippen LogP contribution < -0.4 is 5.32 Å². The Morgan fingerprint density at radius 3 is 2.53 bits per heavy atom. The first kappa shape index (κ1) is 14.0. The first-order chi connectivity index (χ1) is 8.08. The van der Waals surface area contributed by atoms with E-state index in [9.17, 15) is 4.79 Å². The van der Waals surface area contributed by atoms with Gasteiger partial charge in [0.15, 0.2) is 0 Å². The number of halogens is 1. The van der Waals surface area contributed by atoms with Crippen LogP contribution in [-0.2, 0) is 11.2 Å². The molecule has 0 aliphatic heterocycles. The van der Waals surface area contributed by atoms with Crippen molar-refractivity contribution in [2.75, 3.05) is 6.54 Å². The number of hydrogen-bond donors (Lipinski definition) is 1. The van der Waals surface area contributed by atoms with Crippen LogP contribution in [-0.4, -0.2) is 12.5 Å². The molecule has 17 heavy (non-hydrogen) atoms. The number of hydrogen-bond acceptors (Lipinski definition) is 1. The van der Waals surface area contributed by atoms with Gasteiger partial charge in [0.1, 0.15) is 0 Å². The molecule has 0 heterocycles. The molecule has 3 heteroatoms. The van der Waals surface area contributed by atoms with Crippen LogP contribution in [0.3, 0.4) is 0 Å².